The van der Waals surface area contributed by atoms with Gasteiger partial charge in [0.1, 0.15) is 5.69 Å². The van der Waals surface area contributed by atoms with Crippen LogP contribution in [0.5, 0.6) is 0 Å². The molecule has 0 aliphatic rings. The molecule has 0 radical (unpaired) electrons. The lowest BCUT2D eigenvalue weighted by Gasteiger charge is -2.10. The molecule has 0 atom stereocenters. The number of nitrogens with one attached hydrogen (secondary N) is 1. The van der Waals surface area contributed by atoms with E-state index >= 15 is 0 Å². The largest absolute Gasteiger partial charge is 0.463 e. The van der Waals surface area contributed by atoms with E-state index in [2.05, 4.69) is 20.4 Å². The second kappa shape index (κ2) is 8.57. The van der Waals surface area contributed by atoms with Gasteiger partial charge in [-0.3, -0.25) is 4.79 Å². The zero-order chi connectivity index (χ0) is 22.0. The van der Waals surface area contributed by atoms with Crippen molar-refractivity contribution in [3.63, 3.8) is 0 Å². The first-order valence-electron chi connectivity index (χ1n) is 9.43. The van der Waals surface area contributed by atoms with Crippen molar-refractivity contribution >= 4 is 40.2 Å². The van der Waals surface area contributed by atoms with Gasteiger partial charge in [0, 0.05) is 12.2 Å². The number of pyridine rings is 2. The third-order valence-electron chi connectivity index (χ3n) is 4.42. The predicted molar refractivity (Wildman–Crippen MR) is 114 cm³/mol. The molecular formula is C21H18ClN5O4. The molecule has 0 spiro atoms. The molecule has 4 aromatic rings. The Morgan fingerprint density at radius 1 is 1.29 bits per heavy atom. The van der Waals surface area contributed by atoms with Crippen molar-refractivity contribution in [2.75, 3.05) is 11.9 Å². The van der Waals surface area contributed by atoms with Crippen LogP contribution in [-0.4, -0.2) is 38.2 Å². The summed E-state index contributed by atoms with van der Waals surface area (Å²) in [6.45, 7) is 3.42. The summed E-state index contributed by atoms with van der Waals surface area (Å²) < 4.78 is 12.4. The quantitative estimate of drug-likeness (QED) is 0.355. The number of fused-ring (bicyclic) bond motifs is 1. The van der Waals surface area contributed by atoms with Crippen LogP contribution >= 0.6 is 11.6 Å². The number of rotatable bonds is 6. The highest BCUT2D eigenvalue weighted by Gasteiger charge is 2.21. The van der Waals surface area contributed by atoms with Crippen LogP contribution in [0, 0.1) is 0 Å². The summed E-state index contributed by atoms with van der Waals surface area (Å²) in [4.78, 5) is 33.5. The Morgan fingerprint density at radius 2 is 2.13 bits per heavy atom. The maximum Gasteiger partial charge on any atom is 0.339 e. The Kier molecular flexibility index (Phi) is 5.68. The molecule has 0 saturated carbocycles. The molecule has 4 rings (SSSR count). The van der Waals surface area contributed by atoms with Gasteiger partial charge in [-0.1, -0.05) is 11.6 Å². The van der Waals surface area contributed by atoms with Crippen molar-refractivity contribution in [3.8, 4) is 11.5 Å². The number of ether oxygens (including phenoxy) is 1. The van der Waals surface area contributed by atoms with Crippen LogP contribution in [0.1, 0.15) is 30.2 Å². The van der Waals surface area contributed by atoms with Gasteiger partial charge in [0.05, 0.1) is 29.1 Å². The van der Waals surface area contributed by atoms with Gasteiger partial charge in [0.15, 0.2) is 23.2 Å². The Morgan fingerprint density at radius 3 is 2.84 bits per heavy atom. The van der Waals surface area contributed by atoms with Crippen LogP contribution in [0.15, 0.2) is 53.4 Å². The van der Waals surface area contributed by atoms with Crippen LogP contribution in [0.4, 0.5) is 5.69 Å². The summed E-state index contributed by atoms with van der Waals surface area (Å²) in [6.07, 6.45) is 4.58. The van der Waals surface area contributed by atoms with Crippen LogP contribution in [0.25, 0.3) is 22.5 Å². The van der Waals surface area contributed by atoms with Crippen molar-refractivity contribution in [1.82, 2.24) is 19.7 Å². The number of amides is 1. The van der Waals surface area contributed by atoms with Gasteiger partial charge in [-0.05, 0) is 44.2 Å². The van der Waals surface area contributed by atoms with E-state index in [1.807, 2.05) is 13.8 Å². The molecule has 10 heteroatoms. The molecule has 31 heavy (non-hydrogen) atoms. The Hall–Kier alpha value is -3.72. The Labute approximate surface area is 182 Å². The summed E-state index contributed by atoms with van der Waals surface area (Å²) in [5, 5.41) is 7.55. The maximum absolute atomic E-state index is 12.8. The van der Waals surface area contributed by atoms with Crippen LogP contribution in [0.3, 0.4) is 0 Å². The molecular weight excluding hydrogens is 422 g/mol. The average Bonchev–Trinajstić information content (AvgIpc) is 3.43. The number of furan rings is 1. The van der Waals surface area contributed by atoms with E-state index in [1.165, 1.54) is 12.5 Å². The summed E-state index contributed by atoms with van der Waals surface area (Å²) >= 11 is 5.93. The van der Waals surface area contributed by atoms with E-state index in [0.717, 1.165) is 0 Å². The second-order valence-electron chi connectivity index (χ2n) is 6.92. The van der Waals surface area contributed by atoms with Gasteiger partial charge in [-0.15, -0.1) is 0 Å². The molecule has 1 N–H and O–H groups in total. The first-order valence-corrected chi connectivity index (χ1v) is 9.81. The molecule has 0 bridgehead atoms. The minimum Gasteiger partial charge on any atom is -0.463 e. The Balaban J connectivity index is 1.60. The molecule has 4 heterocycles. The molecule has 1 amide bonds. The molecule has 4 aromatic heterocycles. The summed E-state index contributed by atoms with van der Waals surface area (Å²) in [6, 6.07) is 8.28. The van der Waals surface area contributed by atoms with Gasteiger partial charge < -0.3 is 14.5 Å². The van der Waals surface area contributed by atoms with Gasteiger partial charge in [-0.2, -0.15) is 5.10 Å². The van der Waals surface area contributed by atoms with Crippen LogP contribution in [-0.2, 0) is 9.53 Å². The lowest BCUT2D eigenvalue weighted by atomic mass is 10.1. The monoisotopic (exact) mass is 439 g/mol. The number of aromatic nitrogens is 4. The molecule has 0 aromatic carbocycles. The molecule has 0 fully saturated rings. The van der Waals surface area contributed by atoms with Crippen LogP contribution in [0.2, 0.25) is 5.15 Å². The molecule has 0 saturated heterocycles. The lowest BCUT2D eigenvalue weighted by molar-refractivity contribution is -0.119. The number of anilines is 1. The van der Waals surface area contributed by atoms with Crippen molar-refractivity contribution in [3.05, 3.63) is 59.7 Å². The van der Waals surface area contributed by atoms with E-state index in [0.29, 0.717) is 28.2 Å². The van der Waals surface area contributed by atoms with Gasteiger partial charge in [0.25, 0.3) is 5.91 Å². The van der Waals surface area contributed by atoms with E-state index < -0.39 is 18.5 Å². The third kappa shape index (κ3) is 4.26. The summed E-state index contributed by atoms with van der Waals surface area (Å²) in [7, 11) is 0. The maximum atomic E-state index is 12.8. The minimum absolute atomic E-state index is 0.0238. The zero-order valence-electron chi connectivity index (χ0n) is 16.7. The molecule has 9 nitrogen and oxygen atoms in total. The number of carbonyl (C=O) groups excluding carboxylic acids is 2. The molecule has 0 aliphatic carbocycles. The number of halogens is 1. The van der Waals surface area contributed by atoms with Crippen molar-refractivity contribution in [1.29, 1.82) is 0 Å². The topological polar surface area (TPSA) is 112 Å². The van der Waals surface area contributed by atoms with E-state index in [-0.39, 0.29) is 16.8 Å². The first-order chi connectivity index (χ1) is 14.9. The number of hydrogen-bond acceptors (Lipinski definition) is 7. The fourth-order valence-corrected chi connectivity index (χ4v) is 3.16. The fourth-order valence-electron chi connectivity index (χ4n) is 2.99. The molecule has 0 unspecified atom stereocenters. The molecule has 158 valence electrons. The summed E-state index contributed by atoms with van der Waals surface area (Å²) in [5.41, 5.74) is 1.53. The number of hydrogen-bond donors (Lipinski definition) is 1. The zero-order valence-corrected chi connectivity index (χ0v) is 17.5. The number of carbonyl (C=O) groups is 2. The average molecular weight is 440 g/mol. The highest BCUT2D eigenvalue weighted by atomic mass is 35.5. The van der Waals surface area contributed by atoms with E-state index in [4.69, 9.17) is 20.8 Å². The fraction of sp³-hybridized carbons (Fsp3) is 0.190. The van der Waals surface area contributed by atoms with Crippen molar-refractivity contribution in [2.45, 2.75) is 19.9 Å². The number of esters is 1. The summed E-state index contributed by atoms with van der Waals surface area (Å²) in [5.74, 6) is -0.731. The van der Waals surface area contributed by atoms with Crippen molar-refractivity contribution in [2.24, 2.45) is 0 Å². The van der Waals surface area contributed by atoms with Gasteiger partial charge in [0.2, 0.25) is 0 Å². The predicted octanol–water partition coefficient (Wildman–Crippen LogP) is 4.12. The minimum atomic E-state index is -0.684. The third-order valence-corrected chi connectivity index (χ3v) is 4.72. The van der Waals surface area contributed by atoms with Crippen molar-refractivity contribution < 1.29 is 18.7 Å². The van der Waals surface area contributed by atoms with E-state index in [1.54, 1.807) is 41.2 Å². The highest BCUT2D eigenvalue weighted by molar-refractivity contribution is 6.32. The first kappa shape index (κ1) is 20.5. The SMILES string of the molecule is CC(C)n1ncc2c(C(=O)OCC(=O)Nc3cccnc3Cl)cc(-c3ccco3)nc21. The van der Waals surface area contributed by atoms with Crippen LogP contribution < -0.4 is 5.32 Å². The number of nitrogens with zero attached hydrogens (tertiary/aromatic N) is 4. The second-order valence-corrected chi connectivity index (χ2v) is 7.28. The van der Waals surface area contributed by atoms with E-state index in [9.17, 15) is 9.59 Å². The standard InChI is InChI=1S/C21H18ClN5O4/c1-12(2)27-20-14(10-24-27)13(9-16(26-20)17-6-4-8-30-17)21(29)31-11-18(28)25-15-5-3-7-23-19(15)22/h3-10,12H,11H2,1-2H3,(H,25,28). The van der Waals surface area contributed by atoms with Gasteiger partial charge >= 0.3 is 5.97 Å². The Bertz CT molecular complexity index is 1250. The highest BCUT2D eigenvalue weighted by Crippen LogP contribution is 2.27. The van der Waals surface area contributed by atoms with Gasteiger partial charge in [-0.25, -0.2) is 19.4 Å². The smallest absolute Gasteiger partial charge is 0.339 e. The lowest BCUT2D eigenvalue weighted by Crippen LogP contribution is -2.21. The molecule has 0 aliphatic heterocycles. The normalized spacial score (nSPS) is 11.1.